The van der Waals surface area contributed by atoms with Crippen LogP contribution in [0.5, 0.6) is 0 Å². The first kappa shape index (κ1) is 31.7. The molecular weight excluding hydrogens is 556 g/mol. The van der Waals surface area contributed by atoms with Gasteiger partial charge in [-0.15, -0.1) is 37.2 Å². The van der Waals surface area contributed by atoms with Crippen LogP contribution in [0.25, 0.3) is 11.2 Å². The van der Waals surface area contributed by atoms with E-state index in [1.165, 1.54) is 48.3 Å². The van der Waals surface area contributed by atoms with Crippen molar-refractivity contribution in [3.05, 3.63) is 6.33 Å². The second-order valence-corrected chi connectivity index (χ2v) is 11.6. The van der Waals surface area contributed by atoms with Crippen LogP contribution in [0, 0.1) is 0 Å². The Labute approximate surface area is 230 Å². The number of nitrogens with zero attached hydrogens (tertiary/aromatic N) is 5. The predicted octanol–water partition coefficient (Wildman–Crippen LogP) is 4.37. The molecule has 195 valence electrons. The molecule has 0 amide bonds. The fourth-order valence-electron chi connectivity index (χ4n) is 4.99. The van der Waals surface area contributed by atoms with E-state index >= 15 is 0 Å². The maximum Gasteiger partial charge on any atom is -0.147 e. The summed E-state index contributed by atoms with van der Waals surface area (Å²) in [7, 11) is 0. The average Bonchev–Trinajstić information content (AvgIpc) is 3.45. The first-order valence-electron chi connectivity index (χ1n) is 12.3. The zero-order valence-electron chi connectivity index (χ0n) is 20.5. The molecule has 2 aliphatic rings. The van der Waals surface area contributed by atoms with Crippen molar-refractivity contribution >= 4 is 74.6 Å². The van der Waals surface area contributed by atoms with Crippen molar-refractivity contribution in [3.8, 4) is 0 Å². The number of halogens is 3. The molecule has 0 unspecified atom stereocenters. The molecule has 2 aromatic rings. The quantitative estimate of drug-likeness (QED) is 0.313. The summed E-state index contributed by atoms with van der Waals surface area (Å²) in [5.41, 5.74) is 8.20. The van der Waals surface area contributed by atoms with Crippen LogP contribution in [0.4, 0.5) is 5.95 Å². The van der Waals surface area contributed by atoms with Crippen molar-refractivity contribution in [2.24, 2.45) is 5.73 Å². The third-order valence-electron chi connectivity index (χ3n) is 7.01. The molecule has 4 rings (SSSR count). The number of nitrogens with one attached hydrogen (secondary N) is 1. The predicted molar refractivity (Wildman–Crippen MR) is 151 cm³/mol. The summed E-state index contributed by atoms with van der Waals surface area (Å²) in [5, 5.41) is 4.89. The second kappa shape index (κ2) is 15.7. The Morgan fingerprint density at radius 2 is 1.71 bits per heavy atom. The van der Waals surface area contributed by atoms with E-state index in [0.29, 0.717) is 18.1 Å². The zero-order chi connectivity index (χ0) is 21.6. The summed E-state index contributed by atoms with van der Waals surface area (Å²) >= 11 is -0.0112. The maximum absolute atomic E-state index is 6.10. The summed E-state index contributed by atoms with van der Waals surface area (Å²) in [4.78, 5) is 17.3. The Kier molecular flexibility index (Phi) is 14.7. The molecule has 3 N–H and O–H groups in total. The number of anilines is 1. The third kappa shape index (κ3) is 8.11. The number of rotatable bonds is 10. The van der Waals surface area contributed by atoms with E-state index in [1.807, 2.05) is 6.33 Å². The molecule has 11 heteroatoms. The van der Waals surface area contributed by atoms with Crippen molar-refractivity contribution in [2.45, 2.75) is 95.0 Å². The van der Waals surface area contributed by atoms with Gasteiger partial charge in [0.1, 0.15) is 0 Å². The van der Waals surface area contributed by atoms with E-state index in [2.05, 4.69) is 28.6 Å². The zero-order valence-corrected chi connectivity index (χ0v) is 24.8. The number of nitrogens with two attached hydrogens (primary N) is 1. The van der Waals surface area contributed by atoms with E-state index in [9.17, 15) is 0 Å². The molecule has 2 aliphatic carbocycles. The van der Waals surface area contributed by atoms with Gasteiger partial charge in [-0.3, -0.25) is 0 Å². The van der Waals surface area contributed by atoms with E-state index in [4.69, 9.17) is 20.7 Å². The number of fused-ring (bicyclic) bond motifs is 1. The smallest absolute Gasteiger partial charge is 0.147 e. The Morgan fingerprint density at radius 1 is 1.03 bits per heavy atom. The van der Waals surface area contributed by atoms with Crippen molar-refractivity contribution in [1.29, 1.82) is 0 Å². The van der Waals surface area contributed by atoms with Crippen molar-refractivity contribution < 1.29 is 0 Å². The normalized spacial score (nSPS) is 20.9. The average molecular weight is 598 g/mol. The molecule has 0 aliphatic heterocycles. The van der Waals surface area contributed by atoms with Gasteiger partial charge in [-0.2, -0.15) is 0 Å². The van der Waals surface area contributed by atoms with Gasteiger partial charge in [0.2, 0.25) is 0 Å². The van der Waals surface area contributed by atoms with Crippen LogP contribution in [0.1, 0.15) is 77.7 Å². The van der Waals surface area contributed by atoms with E-state index in [-0.39, 0.29) is 53.0 Å². The van der Waals surface area contributed by atoms with Gasteiger partial charge >= 0.3 is 194 Å². The summed E-state index contributed by atoms with van der Waals surface area (Å²) in [6.45, 7) is 7.94. The van der Waals surface area contributed by atoms with Crippen LogP contribution in [0.15, 0.2) is 6.33 Å². The Morgan fingerprint density at radius 3 is 2.35 bits per heavy atom. The monoisotopic (exact) mass is 596 g/mol. The summed E-state index contributed by atoms with van der Waals surface area (Å²) in [6, 6.07) is 1.34. The van der Waals surface area contributed by atoms with Crippen LogP contribution >= 0.6 is 37.2 Å². The van der Waals surface area contributed by atoms with Crippen molar-refractivity contribution in [2.75, 3.05) is 25.0 Å². The third-order valence-corrected chi connectivity index (χ3v) is 9.43. The number of aromatic nitrogens is 4. The molecule has 2 heterocycles. The Bertz CT molecular complexity index is 835. The van der Waals surface area contributed by atoms with Crippen LogP contribution < -0.4 is 15.5 Å². The summed E-state index contributed by atoms with van der Waals surface area (Å²) in [6.07, 6.45) is 12.8. The molecule has 0 aromatic carbocycles. The Balaban J connectivity index is 0.00000193. The minimum absolute atomic E-state index is 0. The standard InChI is InChI=1S/C23H39AsN7.3ClH/c1-3-30(4-2)15-7-14-24-21-20-22(31(16-26-20)19-8-5-6-9-19)29-23(28-21)27-18-12-10-17(25)11-13-18;;;/h16-19H,3-15,25H2,1-2H3,(H,27,28,29);3*1H. The van der Waals surface area contributed by atoms with Gasteiger partial charge < -0.3 is 0 Å². The molecule has 1 radical (unpaired) electrons. The largest absolute Gasteiger partial charge is 0.147 e. The molecule has 0 atom stereocenters. The van der Waals surface area contributed by atoms with Gasteiger partial charge in [0.25, 0.3) is 0 Å². The first-order valence-corrected chi connectivity index (χ1v) is 14.6. The molecule has 2 fully saturated rings. The molecule has 2 saturated carbocycles. The van der Waals surface area contributed by atoms with Gasteiger partial charge in [0.05, 0.1) is 0 Å². The number of hydrogen-bond donors (Lipinski definition) is 2. The van der Waals surface area contributed by atoms with E-state index < -0.39 is 0 Å². The molecule has 0 saturated heterocycles. The molecule has 7 nitrogen and oxygen atoms in total. The van der Waals surface area contributed by atoms with E-state index in [1.54, 1.807) is 0 Å². The minimum atomic E-state index is -0.0112. The maximum atomic E-state index is 6.10. The fourth-order valence-corrected chi connectivity index (χ4v) is 7.06. The van der Waals surface area contributed by atoms with Gasteiger partial charge in [0.15, 0.2) is 0 Å². The number of imidazole rings is 1. The first-order chi connectivity index (χ1) is 15.2. The van der Waals surface area contributed by atoms with Crippen molar-refractivity contribution in [1.82, 2.24) is 24.4 Å². The molecule has 34 heavy (non-hydrogen) atoms. The van der Waals surface area contributed by atoms with Crippen LogP contribution in [-0.4, -0.2) is 71.9 Å². The summed E-state index contributed by atoms with van der Waals surface area (Å²) < 4.78 is 3.54. The van der Waals surface area contributed by atoms with Crippen LogP contribution in [0.2, 0.25) is 5.21 Å². The molecule has 2 aromatic heterocycles. The Hall–Kier alpha value is -0.302. The fraction of sp³-hybridized carbons (Fsp3) is 0.783. The van der Waals surface area contributed by atoms with Crippen molar-refractivity contribution in [3.63, 3.8) is 0 Å². The minimum Gasteiger partial charge on any atom is -0.147 e. The van der Waals surface area contributed by atoms with E-state index in [0.717, 1.165) is 55.9 Å². The SMILES string of the molecule is CCN(CC)CCC[As]c1nc(NC2CCC(N)CC2)nc2c1ncn2C1CCCC1.Cl.Cl.Cl. The molecule has 0 bridgehead atoms. The molecular formula is C23H42AsCl3N7. The molecule has 0 spiro atoms. The van der Waals surface area contributed by atoms with Crippen LogP contribution in [0.3, 0.4) is 0 Å². The van der Waals surface area contributed by atoms with Gasteiger partial charge in [0, 0.05) is 0 Å². The van der Waals surface area contributed by atoms with Gasteiger partial charge in [-0.25, -0.2) is 0 Å². The number of hydrogen-bond acceptors (Lipinski definition) is 6. The second-order valence-electron chi connectivity index (χ2n) is 9.15. The van der Waals surface area contributed by atoms with Gasteiger partial charge in [-0.1, -0.05) is 0 Å². The topological polar surface area (TPSA) is 84.9 Å². The van der Waals surface area contributed by atoms with Gasteiger partial charge in [-0.05, 0) is 0 Å². The summed E-state index contributed by atoms with van der Waals surface area (Å²) in [5.74, 6) is 0.807. The van der Waals surface area contributed by atoms with Crippen LogP contribution in [-0.2, 0) is 0 Å².